The molecule has 0 saturated heterocycles. The second-order valence-corrected chi connectivity index (χ2v) is 5.06. The van der Waals surface area contributed by atoms with Crippen LogP contribution in [0.25, 0.3) is 11.3 Å². The summed E-state index contributed by atoms with van der Waals surface area (Å²) in [4.78, 5) is 12.2. The van der Waals surface area contributed by atoms with Gasteiger partial charge < -0.3 is 9.73 Å². The van der Waals surface area contributed by atoms with Crippen molar-refractivity contribution < 1.29 is 18.0 Å². The van der Waals surface area contributed by atoms with Crippen LogP contribution in [0.1, 0.15) is 16.1 Å². The highest BCUT2D eigenvalue weighted by atomic mass is 19.1. The third kappa shape index (κ3) is 3.13. The highest BCUT2D eigenvalue weighted by Crippen LogP contribution is 2.25. The van der Waals surface area contributed by atoms with E-state index in [0.29, 0.717) is 11.3 Å². The molecule has 0 radical (unpaired) electrons. The summed E-state index contributed by atoms with van der Waals surface area (Å²) < 4.78 is 32.2. The summed E-state index contributed by atoms with van der Waals surface area (Å²) in [6.45, 7) is 1.69. The summed E-state index contributed by atoms with van der Waals surface area (Å²) in [5, 5.41) is 2.64. The van der Waals surface area contributed by atoms with E-state index in [2.05, 4.69) is 5.32 Å². The van der Waals surface area contributed by atoms with Gasteiger partial charge in [0.25, 0.3) is 5.91 Å². The molecule has 0 saturated carbocycles. The minimum Gasteiger partial charge on any atom is -0.451 e. The van der Waals surface area contributed by atoms with Crippen LogP contribution in [-0.2, 0) is 0 Å². The minimum atomic E-state index is -0.484. The lowest BCUT2D eigenvalue weighted by molar-refractivity contribution is 0.0997. The van der Waals surface area contributed by atoms with Gasteiger partial charge in [0.15, 0.2) is 5.76 Å². The molecular formula is C18H13F2NO2. The minimum absolute atomic E-state index is 0.0481. The molecule has 5 heteroatoms. The number of hydrogen-bond donors (Lipinski definition) is 1. The first kappa shape index (κ1) is 15.0. The van der Waals surface area contributed by atoms with E-state index in [1.165, 1.54) is 36.4 Å². The molecule has 1 amide bonds. The quantitative estimate of drug-likeness (QED) is 0.755. The van der Waals surface area contributed by atoms with Crippen LogP contribution in [-0.4, -0.2) is 5.91 Å². The van der Waals surface area contributed by atoms with Crippen molar-refractivity contribution in [1.29, 1.82) is 0 Å². The standard InChI is InChI=1S/C18H13F2NO2/c1-11-10-12(19)6-7-15(11)21-18(22)17-9-8-16(23-17)13-4-2-3-5-14(13)20/h2-10H,1H3,(H,21,22). The molecule has 116 valence electrons. The maximum atomic E-state index is 13.7. The Hall–Kier alpha value is -2.95. The predicted octanol–water partition coefficient (Wildman–Crippen LogP) is 4.79. The zero-order valence-corrected chi connectivity index (χ0v) is 12.3. The number of anilines is 1. The fourth-order valence-corrected chi connectivity index (χ4v) is 2.22. The van der Waals surface area contributed by atoms with Gasteiger partial charge in [0.2, 0.25) is 0 Å². The largest absolute Gasteiger partial charge is 0.451 e. The number of amides is 1. The van der Waals surface area contributed by atoms with Gasteiger partial charge in [-0.1, -0.05) is 12.1 Å². The second kappa shape index (κ2) is 6.04. The highest BCUT2D eigenvalue weighted by molar-refractivity contribution is 6.03. The first-order chi connectivity index (χ1) is 11.0. The molecule has 0 bridgehead atoms. The Morgan fingerprint density at radius 2 is 1.83 bits per heavy atom. The molecule has 0 unspecified atom stereocenters. The Bertz CT molecular complexity index is 871. The average molecular weight is 313 g/mol. The number of aryl methyl sites for hydroxylation is 1. The van der Waals surface area contributed by atoms with Crippen LogP contribution in [0.3, 0.4) is 0 Å². The molecule has 1 aromatic heterocycles. The number of hydrogen-bond acceptors (Lipinski definition) is 2. The van der Waals surface area contributed by atoms with Gasteiger partial charge in [-0.2, -0.15) is 0 Å². The zero-order chi connectivity index (χ0) is 16.4. The smallest absolute Gasteiger partial charge is 0.291 e. The lowest BCUT2D eigenvalue weighted by Crippen LogP contribution is -2.11. The zero-order valence-electron chi connectivity index (χ0n) is 12.3. The van der Waals surface area contributed by atoms with Crippen molar-refractivity contribution in [2.75, 3.05) is 5.32 Å². The van der Waals surface area contributed by atoms with Gasteiger partial charge in [0.05, 0.1) is 5.56 Å². The van der Waals surface area contributed by atoms with Gasteiger partial charge in [-0.05, 0) is 55.0 Å². The molecule has 23 heavy (non-hydrogen) atoms. The number of nitrogens with one attached hydrogen (secondary N) is 1. The fraction of sp³-hybridized carbons (Fsp3) is 0.0556. The van der Waals surface area contributed by atoms with Gasteiger partial charge in [0, 0.05) is 5.69 Å². The third-order valence-corrected chi connectivity index (χ3v) is 3.41. The van der Waals surface area contributed by atoms with E-state index in [4.69, 9.17) is 4.42 Å². The fourth-order valence-electron chi connectivity index (χ4n) is 2.22. The first-order valence-electron chi connectivity index (χ1n) is 6.97. The van der Waals surface area contributed by atoms with Gasteiger partial charge in [0.1, 0.15) is 17.4 Å². The van der Waals surface area contributed by atoms with E-state index in [0.717, 1.165) is 0 Å². The SMILES string of the molecule is Cc1cc(F)ccc1NC(=O)c1ccc(-c2ccccc2F)o1. The molecule has 0 aliphatic carbocycles. The van der Waals surface area contributed by atoms with Gasteiger partial charge in [-0.25, -0.2) is 8.78 Å². The molecule has 0 atom stereocenters. The van der Waals surface area contributed by atoms with E-state index in [-0.39, 0.29) is 22.9 Å². The summed E-state index contributed by atoms with van der Waals surface area (Å²) in [5.41, 5.74) is 1.36. The Kier molecular flexibility index (Phi) is 3.93. The van der Waals surface area contributed by atoms with Crippen LogP contribution >= 0.6 is 0 Å². The molecule has 2 aromatic carbocycles. The number of benzene rings is 2. The molecular weight excluding hydrogens is 300 g/mol. The van der Waals surface area contributed by atoms with E-state index in [1.807, 2.05) is 0 Å². The van der Waals surface area contributed by atoms with Crippen LogP contribution in [0, 0.1) is 18.6 Å². The van der Waals surface area contributed by atoms with Crippen molar-refractivity contribution in [1.82, 2.24) is 0 Å². The third-order valence-electron chi connectivity index (χ3n) is 3.41. The monoisotopic (exact) mass is 313 g/mol. The van der Waals surface area contributed by atoms with Crippen molar-refractivity contribution in [2.45, 2.75) is 6.92 Å². The van der Waals surface area contributed by atoms with Crippen LogP contribution in [0.2, 0.25) is 0 Å². The first-order valence-corrected chi connectivity index (χ1v) is 6.97. The van der Waals surface area contributed by atoms with Crippen LogP contribution < -0.4 is 5.32 Å². The molecule has 0 fully saturated rings. The van der Waals surface area contributed by atoms with Crippen LogP contribution in [0.15, 0.2) is 59.0 Å². The van der Waals surface area contributed by atoms with Gasteiger partial charge >= 0.3 is 0 Å². The van der Waals surface area contributed by atoms with Crippen molar-refractivity contribution in [3.63, 3.8) is 0 Å². The summed E-state index contributed by atoms with van der Waals surface area (Å²) in [7, 11) is 0. The van der Waals surface area contributed by atoms with Crippen molar-refractivity contribution in [3.05, 3.63) is 77.6 Å². The number of halogens is 2. The van der Waals surface area contributed by atoms with Crippen LogP contribution in [0.4, 0.5) is 14.5 Å². The Balaban J connectivity index is 1.83. The van der Waals surface area contributed by atoms with Crippen LogP contribution in [0.5, 0.6) is 0 Å². The van der Waals surface area contributed by atoms with E-state index in [9.17, 15) is 13.6 Å². The molecule has 1 N–H and O–H groups in total. The molecule has 3 aromatic rings. The number of carbonyl (C=O) groups excluding carboxylic acids is 1. The molecule has 1 heterocycles. The molecule has 3 nitrogen and oxygen atoms in total. The molecule has 0 aliphatic heterocycles. The number of furan rings is 1. The summed E-state index contributed by atoms with van der Waals surface area (Å²) in [5.74, 6) is -0.970. The van der Waals surface area contributed by atoms with Crippen molar-refractivity contribution in [3.8, 4) is 11.3 Å². The van der Waals surface area contributed by atoms with E-state index in [1.54, 1.807) is 25.1 Å². The highest BCUT2D eigenvalue weighted by Gasteiger charge is 2.15. The summed E-state index contributed by atoms with van der Waals surface area (Å²) in [6, 6.07) is 13.2. The Labute approximate surface area is 131 Å². The maximum Gasteiger partial charge on any atom is 0.291 e. The molecule has 0 spiro atoms. The lowest BCUT2D eigenvalue weighted by atomic mass is 10.1. The summed E-state index contributed by atoms with van der Waals surface area (Å²) in [6.07, 6.45) is 0. The normalized spacial score (nSPS) is 10.6. The predicted molar refractivity (Wildman–Crippen MR) is 83.2 cm³/mol. The Morgan fingerprint density at radius 1 is 1.04 bits per heavy atom. The number of rotatable bonds is 3. The van der Waals surface area contributed by atoms with Crippen molar-refractivity contribution in [2.24, 2.45) is 0 Å². The average Bonchev–Trinajstić information content (AvgIpc) is 3.00. The molecule has 3 rings (SSSR count). The van der Waals surface area contributed by atoms with Crippen molar-refractivity contribution >= 4 is 11.6 Å². The van der Waals surface area contributed by atoms with Gasteiger partial charge in [-0.3, -0.25) is 4.79 Å². The molecule has 0 aliphatic rings. The lowest BCUT2D eigenvalue weighted by Gasteiger charge is -2.06. The van der Waals surface area contributed by atoms with Gasteiger partial charge in [-0.15, -0.1) is 0 Å². The topological polar surface area (TPSA) is 42.2 Å². The number of carbonyl (C=O) groups is 1. The van der Waals surface area contributed by atoms with E-state index < -0.39 is 11.7 Å². The second-order valence-electron chi connectivity index (χ2n) is 5.06. The Morgan fingerprint density at radius 3 is 2.57 bits per heavy atom. The summed E-state index contributed by atoms with van der Waals surface area (Å²) >= 11 is 0. The van der Waals surface area contributed by atoms with E-state index >= 15 is 0 Å². The maximum absolute atomic E-state index is 13.7.